The number of hydrogen-bond donors (Lipinski definition) is 2. The van der Waals surface area contributed by atoms with Gasteiger partial charge < -0.3 is 16.0 Å². The lowest BCUT2D eigenvalue weighted by Crippen LogP contribution is -2.46. The number of carbonyl (C=O) groups excluding carboxylic acids is 2. The maximum atomic E-state index is 12.7. The minimum atomic E-state index is -0.136. The number of nitrogens with zero attached hydrogens (tertiary/aromatic N) is 1. The number of rotatable bonds is 4. The van der Waals surface area contributed by atoms with E-state index in [1.165, 1.54) is 5.56 Å². The van der Waals surface area contributed by atoms with Crippen LogP contribution in [-0.2, 0) is 10.2 Å². The first-order chi connectivity index (χ1) is 11.3. The van der Waals surface area contributed by atoms with Crippen LogP contribution in [0.15, 0.2) is 24.3 Å². The molecule has 1 atom stereocenters. The van der Waals surface area contributed by atoms with E-state index < -0.39 is 0 Å². The first-order valence-electron chi connectivity index (χ1n) is 8.70. The van der Waals surface area contributed by atoms with Gasteiger partial charge in [0.25, 0.3) is 5.91 Å². The second kappa shape index (κ2) is 9.20. The van der Waals surface area contributed by atoms with Crippen molar-refractivity contribution in [3.8, 4) is 0 Å². The summed E-state index contributed by atoms with van der Waals surface area (Å²) in [6, 6.07) is 7.81. The van der Waals surface area contributed by atoms with Gasteiger partial charge in [0.1, 0.15) is 0 Å². The molecule has 25 heavy (non-hydrogen) atoms. The molecule has 1 aromatic rings. The van der Waals surface area contributed by atoms with Crippen LogP contribution < -0.4 is 11.1 Å². The van der Waals surface area contributed by atoms with Gasteiger partial charge in [0.2, 0.25) is 5.91 Å². The molecule has 1 aliphatic rings. The minimum Gasteiger partial charge on any atom is -0.355 e. The average molecular weight is 368 g/mol. The van der Waals surface area contributed by atoms with Gasteiger partial charge >= 0.3 is 0 Å². The SMILES string of the molecule is CC(C)(C)c1ccc(C(=O)N2CCCC(C(=O)NCCN)C2)cc1.Cl. The molecule has 0 radical (unpaired) electrons. The summed E-state index contributed by atoms with van der Waals surface area (Å²) in [4.78, 5) is 26.6. The van der Waals surface area contributed by atoms with Crippen LogP contribution >= 0.6 is 12.4 Å². The number of hydrogen-bond acceptors (Lipinski definition) is 3. The molecule has 1 aromatic carbocycles. The monoisotopic (exact) mass is 367 g/mol. The summed E-state index contributed by atoms with van der Waals surface area (Å²) < 4.78 is 0. The Morgan fingerprint density at radius 2 is 1.88 bits per heavy atom. The van der Waals surface area contributed by atoms with Gasteiger partial charge in [0.15, 0.2) is 0 Å². The number of amides is 2. The van der Waals surface area contributed by atoms with Crippen LogP contribution in [0, 0.1) is 5.92 Å². The van der Waals surface area contributed by atoms with E-state index in [0.29, 0.717) is 31.7 Å². The molecular weight excluding hydrogens is 338 g/mol. The largest absolute Gasteiger partial charge is 0.355 e. The highest BCUT2D eigenvalue weighted by atomic mass is 35.5. The van der Waals surface area contributed by atoms with Crippen LogP contribution in [0.4, 0.5) is 0 Å². The van der Waals surface area contributed by atoms with Crippen LogP contribution in [0.25, 0.3) is 0 Å². The second-order valence-electron chi connectivity index (χ2n) is 7.50. The molecule has 5 nitrogen and oxygen atoms in total. The number of likely N-dealkylation sites (tertiary alicyclic amines) is 1. The zero-order valence-electron chi connectivity index (χ0n) is 15.4. The number of piperidine rings is 1. The van der Waals surface area contributed by atoms with Crippen molar-refractivity contribution in [1.29, 1.82) is 0 Å². The van der Waals surface area contributed by atoms with Gasteiger partial charge in [-0.05, 0) is 36.0 Å². The molecule has 2 amide bonds. The summed E-state index contributed by atoms with van der Waals surface area (Å²) in [6.07, 6.45) is 1.68. The zero-order chi connectivity index (χ0) is 17.7. The highest BCUT2D eigenvalue weighted by Crippen LogP contribution is 2.23. The molecule has 0 aliphatic carbocycles. The van der Waals surface area contributed by atoms with Crippen molar-refractivity contribution in [2.75, 3.05) is 26.2 Å². The van der Waals surface area contributed by atoms with E-state index in [-0.39, 0.29) is 35.6 Å². The predicted molar refractivity (Wildman–Crippen MR) is 103 cm³/mol. The number of halogens is 1. The zero-order valence-corrected chi connectivity index (χ0v) is 16.2. The molecule has 0 saturated carbocycles. The van der Waals surface area contributed by atoms with Gasteiger partial charge in [-0.2, -0.15) is 0 Å². The highest BCUT2D eigenvalue weighted by Gasteiger charge is 2.28. The minimum absolute atomic E-state index is 0. The van der Waals surface area contributed by atoms with Crippen molar-refractivity contribution >= 4 is 24.2 Å². The predicted octanol–water partition coefficient (Wildman–Crippen LogP) is 2.33. The smallest absolute Gasteiger partial charge is 0.253 e. The third-order valence-electron chi connectivity index (χ3n) is 4.52. The molecule has 0 bridgehead atoms. The van der Waals surface area contributed by atoms with Crippen molar-refractivity contribution in [3.05, 3.63) is 35.4 Å². The average Bonchev–Trinajstić information content (AvgIpc) is 2.58. The molecule has 1 heterocycles. The lowest BCUT2D eigenvalue weighted by molar-refractivity contribution is -0.126. The fraction of sp³-hybridized carbons (Fsp3) is 0.579. The maximum absolute atomic E-state index is 12.7. The van der Waals surface area contributed by atoms with E-state index in [4.69, 9.17) is 5.73 Å². The summed E-state index contributed by atoms with van der Waals surface area (Å²) in [5.74, 6) is -0.129. The second-order valence-corrected chi connectivity index (χ2v) is 7.50. The molecule has 140 valence electrons. The Bertz CT molecular complexity index is 581. The van der Waals surface area contributed by atoms with Crippen molar-refractivity contribution in [3.63, 3.8) is 0 Å². The van der Waals surface area contributed by atoms with E-state index in [9.17, 15) is 9.59 Å². The van der Waals surface area contributed by atoms with Crippen LogP contribution in [0.5, 0.6) is 0 Å². The van der Waals surface area contributed by atoms with Crippen LogP contribution in [0.2, 0.25) is 0 Å². The van der Waals surface area contributed by atoms with Crippen molar-refractivity contribution in [1.82, 2.24) is 10.2 Å². The summed E-state index contributed by atoms with van der Waals surface area (Å²) in [5, 5.41) is 2.82. The quantitative estimate of drug-likeness (QED) is 0.857. The molecule has 1 fully saturated rings. The third-order valence-corrected chi connectivity index (χ3v) is 4.52. The van der Waals surface area contributed by atoms with Crippen LogP contribution in [0.3, 0.4) is 0 Å². The normalized spacial score (nSPS) is 17.6. The van der Waals surface area contributed by atoms with Crippen molar-refractivity contribution in [2.45, 2.75) is 39.0 Å². The Morgan fingerprint density at radius 3 is 2.44 bits per heavy atom. The molecule has 1 aliphatic heterocycles. The van der Waals surface area contributed by atoms with Gasteiger partial charge in [-0.3, -0.25) is 9.59 Å². The molecule has 6 heteroatoms. The van der Waals surface area contributed by atoms with Crippen LogP contribution in [-0.4, -0.2) is 42.9 Å². The fourth-order valence-corrected chi connectivity index (χ4v) is 3.01. The Morgan fingerprint density at radius 1 is 1.24 bits per heavy atom. The van der Waals surface area contributed by atoms with E-state index in [1.807, 2.05) is 24.3 Å². The summed E-state index contributed by atoms with van der Waals surface area (Å²) in [7, 11) is 0. The maximum Gasteiger partial charge on any atom is 0.253 e. The van der Waals surface area contributed by atoms with Gasteiger partial charge in [0.05, 0.1) is 5.92 Å². The topological polar surface area (TPSA) is 75.4 Å². The Kier molecular flexibility index (Phi) is 7.90. The van der Waals surface area contributed by atoms with Crippen LogP contribution in [0.1, 0.15) is 49.5 Å². The fourth-order valence-electron chi connectivity index (χ4n) is 3.01. The number of carbonyl (C=O) groups is 2. The highest BCUT2D eigenvalue weighted by molar-refractivity contribution is 5.94. The first-order valence-corrected chi connectivity index (χ1v) is 8.70. The first kappa shape index (κ1) is 21.5. The van der Waals surface area contributed by atoms with Gasteiger partial charge in [-0.25, -0.2) is 0 Å². The van der Waals surface area contributed by atoms with Gasteiger partial charge in [-0.15, -0.1) is 12.4 Å². The molecule has 2 rings (SSSR count). The van der Waals surface area contributed by atoms with E-state index in [2.05, 4.69) is 26.1 Å². The van der Waals surface area contributed by atoms with E-state index >= 15 is 0 Å². The van der Waals surface area contributed by atoms with E-state index in [0.717, 1.165) is 12.8 Å². The summed E-state index contributed by atoms with van der Waals surface area (Å²) in [5.41, 5.74) is 7.38. The lowest BCUT2D eigenvalue weighted by atomic mass is 9.86. The Balaban J connectivity index is 0.00000312. The van der Waals surface area contributed by atoms with Crippen molar-refractivity contribution in [2.24, 2.45) is 11.7 Å². The van der Waals surface area contributed by atoms with Gasteiger partial charge in [0, 0.05) is 31.7 Å². The molecule has 0 spiro atoms. The number of nitrogens with one attached hydrogen (secondary N) is 1. The molecular formula is C19H30ClN3O2. The molecule has 0 aromatic heterocycles. The molecule has 3 N–H and O–H groups in total. The van der Waals surface area contributed by atoms with Gasteiger partial charge in [-0.1, -0.05) is 32.9 Å². The molecule has 1 saturated heterocycles. The van der Waals surface area contributed by atoms with E-state index in [1.54, 1.807) is 4.90 Å². The van der Waals surface area contributed by atoms with Crippen molar-refractivity contribution < 1.29 is 9.59 Å². The Hall–Kier alpha value is -1.59. The summed E-state index contributed by atoms with van der Waals surface area (Å²) >= 11 is 0. The third kappa shape index (κ3) is 5.72. The molecule has 1 unspecified atom stereocenters. The lowest BCUT2D eigenvalue weighted by Gasteiger charge is -2.32. The standard InChI is InChI=1S/C19H29N3O2.ClH/c1-19(2,3)16-8-6-14(7-9-16)18(24)22-12-4-5-15(13-22)17(23)21-11-10-20;/h6-9,15H,4-5,10-13,20H2,1-3H3,(H,21,23);1H. The number of nitrogens with two attached hydrogens (primary N) is 1. The Labute approximate surface area is 156 Å². The number of benzene rings is 1. The summed E-state index contributed by atoms with van der Waals surface area (Å²) in [6.45, 7) is 8.56.